The zero-order chi connectivity index (χ0) is 13.7. The van der Waals surface area contributed by atoms with Crippen LogP contribution in [-0.4, -0.2) is 16.1 Å². The van der Waals surface area contributed by atoms with E-state index in [-0.39, 0.29) is 12.0 Å². The molecule has 0 aliphatic heterocycles. The Labute approximate surface area is 110 Å². The Morgan fingerprint density at radius 2 is 1.79 bits per heavy atom. The summed E-state index contributed by atoms with van der Waals surface area (Å²) in [7, 11) is 0. The summed E-state index contributed by atoms with van der Waals surface area (Å²) in [6.45, 7) is 0. The molecule has 0 fully saturated rings. The van der Waals surface area contributed by atoms with Crippen LogP contribution >= 0.6 is 0 Å². The lowest BCUT2D eigenvalue weighted by molar-refractivity contribution is -0.135. The van der Waals surface area contributed by atoms with Gasteiger partial charge in [-0.25, -0.2) is 0 Å². The van der Waals surface area contributed by atoms with Crippen LogP contribution in [0.3, 0.4) is 0 Å². The van der Waals surface area contributed by atoms with Crippen LogP contribution in [0.15, 0.2) is 53.5 Å². The van der Waals surface area contributed by atoms with Crippen molar-refractivity contribution >= 4 is 12.0 Å². The zero-order valence-corrected chi connectivity index (χ0v) is 10.2. The second kappa shape index (κ2) is 5.82. The van der Waals surface area contributed by atoms with Crippen molar-refractivity contribution in [1.82, 2.24) is 4.98 Å². The molecule has 1 heterocycles. The third-order valence-corrected chi connectivity index (χ3v) is 2.63. The Hall–Kier alpha value is -2.62. The quantitative estimate of drug-likeness (QED) is 0.881. The van der Waals surface area contributed by atoms with Gasteiger partial charge < -0.3 is 10.1 Å². The molecule has 0 saturated heterocycles. The number of aromatic amines is 1. The van der Waals surface area contributed by atoms with Gasteiger partial charge in [0.15, 0.2) is 0 Å². The smallest absolute Gasteiger partial charge is 0.307 e. The van der Waals surface area contributed by atoms with Gasteiger partial charge in [-0.1, -0.05) is 36.4 Å². The molecule has 4 nitrogen and oxygen atoms in total. The average Bonchev–Trinajstić information content (AvgIpc) is 2.40. The third kappa shape index (κ3) is 3.67. The van der Waals surface area contributed by atoms with Gasteiger partial charge in [0.1, 0.15) is 0 Å². The van der Waals surface area contributed by atoms with E-state index in [1.54, 1.807) is 24.4 Å². The largest absolute Gasteiger partial charge is 0.481 e. The molecule has 0 bridgehead atoms. The molecule has 2 aromatic rings. The SMILES string of the molecule is O=C(O)C/C=C/c1ccc(-c2ccc(=O)[nH]c2)cc1. The Balaban J connectivity index is 2.14. The van der Waals surface area contributed by atoms with Crippen molar-refractivity contribution in [2.24, 2.45) is 0 Å². The molecule has 0 spiro atoms. The van der Waals surface area contributed by atoms with Gasteiger partial charge in [-0.3, -0.25) is 9.59 Å². The lowest BCUT2D eigenvalue weighted by Gasteiger charge is -2.01. The second-order valence-electron chi connectivity index (χ2n) is 4.06. The van der Waals surface area contributed by atoms with Crippen molar-refractivity contribution in [2.75, 3.05) is 0 Å². The number of carboxylic acid groups (broad SMARTS) is 1. The number of rotatable bonds is 4. The fraction of sp³-hybridized carbons (Fsp3) is 0.0667. The highest BCUT2D eigenvalue weighted by Crippen LogP contribution is 2.18. The number of aromatic nitrogens is 1. The monoisotopic (exact) mass is 255 g/mol. The van der Waals surface area contributed by atoms with Crippen LogP contribution in [0.25, 0.3) is 17.2 Å². The number of carbonyl (C=O) groups is 1. The van der Waals surface area contributed by atoms with Crippen molar-refractivity contribution < 1.29 is 9.90 Å². The standard InChI is InChI=1S/C15H13NO3/c17-14-9-8-13(10-16-14)12-6-4-11(5-7-12)2-1-3-15(18)19/h1-2,4-10H,3H2,(H,16,17)(H,18,19)/b2-1+. The fourth-order valence-electron chi connectivity index (χ4n) is 1.67. The van der Waals surface area contributed by atoms with E-state index in [0.29, 0.717) is 0 Å². The van der Waals surface area contributed by atoms with Crippen LogP contribution in [-0.2, 0) is 4.79 Å². The molecule has 19 heavy (non-hydrogen) atoms. The molecule has 4 heteroatoms. The van der Waals surface area contributed by atoms with Gasteiger partial charge in [-0.2, -0.15) is 0 Å². The number of hydrogen-bond donors (Lipinski definition) is 2. The number of H-pyrrole nitrogens is 1. The summed E-state index contributed by atoms with van der Waals surface area (Å²) in [5.74, 6) is -0.846. The van der Waals surface area contributed by atoms with Crippen molar-refractivity contribution in [1.29, 1.82) is 0 Å². The van der Waals surface area contributed by atoms with Gasteiger partial charge >= 0.3 is 5.97 Å². The zero-order valence-electron chi connectivity index (χ0n) is 10.2. The minimum atomic E-state index is -0.846. The average molecular weight is 255 g/mol. The molecule has 0 radical (unpaired) electrons. The lowest BCUT2D eigenvalue weighted by atomic mass is 10.1. The molecule has 0 aliphatic rings. The van der Waals surface area contributed by atoms with Crippen molar-refractivity contribution in [3.8, 4) is 11.1 Å². The maximum absolute atomic E-state index is 11.0. The van der Waals surface area contributed by atoms with Gasteiger partial charge in [0.05, 0.1) is 6.42 Å². The predicted molar refractivity (Wildman–Crippen MR) is 73.8 cm³/mol. The maximum Gasteiger partial charge on any atom is 0.307 e. The van der Waals surface area contributed by atoms with Crippen LogP contribution in [0.5, 0.6) is 0 Å². The molecule has 0 aliphatic carbocycles. The summed E-state index contributed by atoms with van der Waals surface area (Å²) >= 11 is 0. The minimum absolute atomic E-state index is 0.0155. The molecule has 1 aromatic heterocycles. The Bertz CT molecular complexity index is 633. The van der Waals surface area contributed by atoms with Gasteiger partial charge in [-0.05, 0) is 22.8 Å². The molecule has 2 N–H and O–H groups in total. The van der Waals surface area contributed by atoms with E-state index in [1.807, 2.05) is 24.3 Å². The summed E-state index contributed by atoms with van der Waals surface area (Å²) in [5.41, 5.74) is 2.73. The van der Waals surface area contributed by atoms with Crippen molar-refractivity contribution in [3.63, 3.8) is 0 Å². The summed E-state index contributed by atoms with van der Waals surface area (Å²) in [6.07, 6.45) is 5.06. The van der Waals surface area contributed by atoms with E-state index in [4.69, 9.17) is 5.11 Å². The Morgan fingerprint density at radius 3 is 2.37 bits per heavy atom. The predicted octanol–water partition coefficient (Wildman–Crippen LogP) is 2.53. The molecular weight excluding hydrogens is 242 g/mol. The number of pyridine rings is 1. The normalized spacial score (nSPS) is 10.7. The summed E-state index contributed by atoms with van der Waals surface area (Å²) in [5, 5.41) is 8.53. The molecule has 2 rings (SSSR count). The van der Waals surface area contributed by atoms with Gasteiger partial charge in [0.2, 0.25) is 5.56 Å². The summed E-state index contributed by atoms with van der Waals surface area (Å²) in [4.78, 5) is 24.0. The lowest BCUT2D eigenvalue weighted by Crippen LogP contribution is -2.01. The number of hydrogen-bond acceptors (Lipinski definition) is 2. The Kier molecular flexibility index (Phi) is 3.93. The molecular formula is C15H13NO3. The van der Waals surface area contributed by atoms with E-state index < -0.39 is 5.97 Å². The van der Waals surface area contributed by atoms with E-state index in [0.717, 1.165) is 16.7 Å². The van der Waals surface area contributed by atoms with E-state index in [2.05, 4.69) is 4.98 Å². The molecule has 0 atom stereocenters. The van der Waals surface area contributed by atoms with Crippen LogP contribution < -0.4 is 5.56 Å². The number of carboxylic acids is 1. The maximum atomic E-state index is 11.0. The summed E-state index contributed by atoms with van der Waals surface area (Å²) < 4.78 is 0. The molecule has 0 amide bonds. The fourth-order valence-corrected chi connectivity index (χ4v) is 1.67. The minimum Gasteiger partial charge on any atom is -0.481 e. The Morgan fingerprint density at radius 1 is 1.11 bits per heavy atom. The van der Waals surface area contributed by atoms with Gasteiger partial charge in [0, 0.05) is 12.3 Å². The first-order chi connectivity index (χ1) is 9.15. The van der Waals surface area contributed by atoms with Crippen LogP contribution in [0.4, 0.5) is 0 Å². The van der Waals surface area contributed by atoms with Crippen LogP contribution in [0.2, 0.25) is 0 Å². The highest BCUT2D eigenvalue weighted by molar-refractivity contribution is 5.71. The van der Waals surface area contributed by atoms with E-state index in [9.17, 15) is 9.59 Å². The van der Waals surface area contributed by atoms with Crippen molar-refractivity contribution in [2.45, 2.75) is 6.42 Å². The van der Waals surface area contributed by atoms with Crippen LogP contribution in [0.1, 0.15) is 12.0 Å². The molecule has 0 unspecified atom stereocenters. The first-order valence-electron chi connectivity index (χ1n) is 5.83. The number of nitrogens with one attached hydrogen (secondary N) is 1. The van der Waals surface area contributed by atoms with Gasteiger partial charge in [-0.15, -0.1) is 0 Å². The highest BCUT2D eigenvalue weighted by atomic mass is 16.4. The topological polar surface area (TPSA) is 70.2 Å². The number of benzene rings is 1. The van der Waals surface area contributed by atoms with Gasteiger partial charge in [0.25, 0.3) is 0 Å². The summed E-state index contributed by atoms with van der Waals surface area (Å²) in [6, 6.07) is 10.9. The highest BCUT2D eigenvalue weighted by Gasteiger charge is 1.97. The molecule has 0 saturated carbocycles. The third-order valence-electron chi connectivity index (χ3n) is 2.63. The van der Waals surface area contributed by atoms with Crippen LogP contribution in [0, 0.1) is 0 Å². The first-order valence-corrected chi connectivity index (χ1v) is 5.83. The second-order valence-corrected chi connectivity index (χ2v) is 4.06. The first kappa shape index (κ1) is 12.8. The van der Waals surface area contributed by atoms with E-state index in [1.165, 1.54) is 6.07 Å². The van der Waals surface area contributed by atoms with E-state index >= 15 is 0 Å². The number of aliphatic carboxylic acids is 1. The molecule has 1 aromatic carbocycles. The molecule has 96 valence electrons. The van der Waals surface area contributed by atoms with Crippen molar-refractivity contribution in [3.05, 3.63) is 64.6 Å².